The molecule has 2 aromatic rings. The molecule has 1 heterocycles. The van der Waals surface area contributed by atoms with Crippen molar-refractivity contribution in [3.05, 3.63) is 64.7 Å². The van der Waals surface area contributed by atoms with Gasteiger partial charge in [0.25, 0.3) is 5.91 Å². The van der Waals surface area contributed by atoms with E-state index >= 15 is 0 Å². The lowest BCUT2D eigenvalue weighted by molar-refractivity contribution is -0.137. The van der Waals surface area contributed by atoms with Crippen LogP contribution < -0.4 is 4.90 Å². The number of carbonyl (C=O) groups is 2. The Bertz CT molecular complexity index is 898. The normalized spacial score (nSPS) is 17.7. The number of amides is 1. The van der Waals surface area contributed by atoms with Gasteiger partial charge in [-0.25, -0.2) is 0 Å². The van der Waals surface area contributed by atoms with Gasteiger partial charge in [0.15, 0.2) is 6.04 Å². The van der Waals surface area contributed by atoms with Gasteiger partial charge in [-0.15, -0.1) is 0 Å². The van der Waals surface area contributed by atoms with Gasteiger partial charge in [-0.2, -0.15) is 0 Å². The van der Waals surface area contributed by atoms with Crippen LogP contribution in [0.2, 0.25) is 5.02 Å². The third kappa shape index (κ3) is 3.86. The molecule has 0 saturated carbocycles. The average Bonchev–Trinajstić information content (AvgIpc) is 2.77. The predicted octanol–water partition coefficient (Wildman–Crippen LogP) is 3.01. The number of benzene rings is 2. The second-order valence-corrected chi connectivity index (χ2v) is 6.65. The van der Waals surface area contributed by atoms with Gasteiger partial charge in [-0.1, -0.05) is 41.9 Å². The summed E-state index contributed by atoms with van der Waals surface area (Å²) in [7, 11) is 1.49. The monoisotopic (exact) mass is 386 g/mol. The number of rotatable bonds is 5. The zero-order chi connectivity index (χ0) is 19.6. The van der Waals surface area contributed by atoms with Crippen LogP contribution in [-0.4, -0.2) is 48.5 Å². The minimum absolute atomic E-state index is 0.429. The number of aliphatic imine (C=N–C) groups is 1. The smallest absolute Gasteiger partial charge is 0.323 e. The highest BCUT2D eigenvalue weighted by atomic mass is 35.5. The van der Waals surface area contributed by atoms with Crippen LogP contribution in [0.15, 0.2) is 53.5 Å². The summed E-state index contributed by atoms with van der Waals surface area (Å²) < 4.78 is 5.35. The lowest BCUT2D eigenvalue weighted by Crippen LogP contribution is -2.45. The number of carboxylic acid groups (broad SMARTS) is 1. The van der Waals surface area contributed by atoms with Crippen LogP contribution >= 0.6 is 11.6 Å². The van der Waals surface area contributed by atoms with Crippen LogP contribution in [-0.2, 0) is 14.3 Å². The number of anilines is 1. The minimum atomic E-state index is -1.11. The zero-order valence-corrected chi connectivity index (χ0v) is 15.7. The quantitative estimate of drug-likeness (QED) is 0.856. The molecule has 0 saturated heterocycles. The van der Waals surface area contributed by atoms with Gasteiger partial charge in [-0.05, 0) is 25.1 Å². The molecule has 1 amide bonds. The summed E-state index contributed by atoms with van der Waals surface area (Å²) >= 11 is 6.20. The second kappa shape index (κ2) is 7.90. The van der Waals surface area contributed by atoms with Crippen molar-refractivity contribution >= 4 is 34.9 Å². The fourth-order valence-electron chi connectivity index (χ4n) is 3.03. The first-order valence-corrected chi connectivity index (χ1v) is 8.79. The number of carboxylic acids is 1. The van der Waals surface area contributed by atoms with E-state index in [9.17, 15) is 14.7 Å². The van der Waals surface area contributed by atoms with Crippen LogP contribution in [0.3, 0.4) is 0 Å². The first kappa shape index (κ1) is 19.1. The molecule has 1 aliphatic heterocycles. The molecule has 6 nitrogen and oxygen atoms in total. The fraction of sp³-hybridized carbons (Fsp3) is 0.250. The van der Waals surface area contributed by atoms with Crippen LogP contribution in [0.5, 0.6) is 0 Å². The number of fused-ring (bicyclic) bond motifs is 1. The van der Waals surface area contributed by atoms with Crippen molar-refractivity contribution in [3.8, 4) is 0 Å². The van der Waals surface area contributed by atoms with E-state index in [1.807, 2.05) is 30.3 Å². The number of nitrogens with zero attached hydrogens (tertiary/aromatic N) is 2. The molecule has 0 aromatic heterocycles. The Hall–Kier alpha value is -2.70. The number of hydrogen-bond acceptors (Lipinski definition) is 4. The molecule has 1 N–H and O–H groups in total. The van der Waals surface area contributed by atoms with E-state index in [4.69, 9.17) is 16.3 Å². The third-order valence-electron chi connectivity index (χ3n) is 4.45. The predicted molar refractivity (Wildman–Crippen MR) is 104 cm³/mol. The van der Waals surface area contributed by atoms with Crippen molar-refractivity contribution in [2.45, 2.75) is 19.1 Å². The number of ether oxygens (including phenoxy) is 1. The highest BCUT2D eigenvalue weighted by Crippen LogP contribution is 2.31. The first-order valence-electron chi connectivity index (χ1n) is 8.41. The molecule has 3 rings (SSSR count). The standard InChI is InChI=1S/C20H19ClN2O4/c1-12(27-2)18-20(26)23(11-17(24)25)16-9-8-14(21)10-15(16)19(22-18)13-6-4-3-5-7-13/h3-10,12,18H,11H2,1-2H3,(H,24,25)/t12-,18?/m1/s1. The maximum absolute atomic E-state index is 13.1. The Morgan fingerprint density at radius 2 is 2.00 bits per heavy atom. The summed E-state index contributed by atoms with van der Waals surface area (Å²) in [5, 5.41) is 9.80. The molecule has 27 heavy (non-hydrogen) atoms. The summed E-state index contributed by atoms with van der Waals surface area (Å²) in [5.74, 6) is -1.54. The van der Waals surface area contributed by atoms with E-state index < -0.39 is 30.6 Å². The summed E-state index contributed by atoms with van der Waals surface area (Å²) in [6.07, 6.45) is -0.530. The molecule has 1 aliphatic rings. The first-order chi connectivity index (χ1) is 12.9. The van der Waals surface area contributed by atoms with E-state index in [1.165, 1.54) is 12.0 Å². The Morgan fingerprint density at radius 3 is 2.63 bits per heavy atom. The number of hydrogen-bond donors (Lipinski definition) is 1. The van der Waals surface area contributed by atoms with Crippen LogP contribution in [0, 0.1) is 0 Å². The van der Waals surface area contributed by atoms with Gasteiger partial charge >= 0.3 is 5.97 Å². The van der Waals surface area contributed by atoms with Gasteiger partial charge in [0, 0.05) is 23.3 Å². The highest BCUT2D eigenvalue weighted by molar-refractivity contribution is 6.32. The van der Waals surface area contributed by atoms with Crippen LogP contribution in [0.4, 0.5) is 5.69 Å². The Kier molecular flexibility index (Phi) is 5.58. The lowest BCUT2D eigenvalue weighted by Gasteiger charge is -2.25. The van der Waals surface area contributed by atoms with Gasteiger partial charge in [0.2, 0.25) is 0 Å². The minimum Gasteiger partial charge on any atom is -0.480 e. The molecule has 140 valence electrons. The maximum atomic E-state index is 13.1. The Balaban J connectivity index is 2.27. The van der Waals surface area contributed by atoms with Gasteiger partial charge < -0.3 is 9.84 Å². The van der Waals surface area contributed by atoms with Gasteiger partial charge in [0.05, 0.1) is 17.5 Å². The Morgan fingerprint density at radius 1 is 1.30 bits per heavy atom. The van der Waals surface area contributed by atoms with E-state index in [-0.39, 0.29) is 0 Å². The van der Waals surface area contributed by atoms with Crippen molar-refractivity contribution in [1.82, 2.24) is 0 Å². The molecule has 0 radical (unpaired) electrons. The number of carbonyl (C=O) groups excluding carboxylic acids is 1. The lowest BCUT2D eigenvalue weighted by atomic mass is 10.00. The Labute approximate surface area is 162 Å². The SMILES string of the molecule is CO[C@H](C)C1N=C(c2ccccc2)c2cc(Cl)ccc2N(CC(=O)O)C1=O. The van der Waals surface area contributed by atoms with E-state index in [1.54, 1.807) is 25.1 Å². The molecule has 1 unspecified atom stereocenters. The van der Waals surface area contributed by atoms with Crippen LogP contribution in [0.1, 0.15) is 18.1 Å². The number of benzodiazepines with no additional fused rings is 1. The largest absolute Gasteiger partial charge is 0.480 e. The van der Waals surface area contributed by atoms with E-state index in [0.29, 0.717) is 22.0 Å². The second-order valence-electron chi connectivity index (χ2n) is 6.21. The highest BCUT2D eigenvalue weighted by Gasteiger charge is 2.36. The fourth-order valence-corrected chi connectivity index (χ4v) is 3.21. The summed E-state index contributed by atoms with van der Waals surface area (Å²) in [6.45, 7) is 1.26. The molecule has 2 aromatic carbocycles. The van der Waals surface area contributed by atoms with E-state index in [2.05, 4.69) is 4.99 Å². The van der Waals surface area contributed by atoms with Crippen molar-refractivity contribution < 1.29 is 19.4 Å². The van der Waals surface area contributed by atoms with Crippen molar-refractivity contribution in [3.63, 3.8) is 0 Å². The van der Waals surface area contributed by atoms with Crippen LogP contribution in [0.25, 0.3) is 0 Å². The average molecular weight is 387 g/mol. The van der Waals surface area contributed by atoms with E-state index in [0.717, 1.165) is 5.56 Å². The third-order valence-corrected chi connectivity index (χ3v) is 4.68. The summed E-state index contributed by atoms with van der Waals surface area (Å²) in [4.78, 5) is 30.5. The molecular formula is C20H19ClN2O4. The molecular weight excluding hydrogens is 368 g/mol. The van der Waals surface area contributed by atoms with Gasteiger partial charge in [-0.3, -0.25) is 19.5 Å². The zero-order valence-electron chi connectivity index (χ0n) is 14.9. The number of aliphatic carboxylic acids is 1. The van der Waals surface area contributed by atoms with Crippen molar-refractivity contribution in [1.29, 1.82) is 0 Å². The molecule has 7 heteroatoms. The molecule has 0 spiro atoms. The topological polar surface area (TPSA) is 79.2 Å². The van der Waals surface area contributed by atoms with Gasteiger partial charge in [0.1, 0.15) is 6.54 Å². The molecule has 0 aliphatic carbocycles. The summed E-state index contributed by atoms with van der Waals surface area (Å²) in [5.41, 5.74) is 2.44. The number of methoxy groups -OCH3 is 1. The molecule has 0 bridgehead atoms. The maximum Gasteiger partial charge on any atom is 0.323 e. The van der Waals surface area contributed by atoms with Crippen molar-refractivity contribution in [2.24, 2.45) is 4.99 Å². The number of halogens is 1. The molecule has 0 fully saturated rings. The summed E-state index contributed by atoms with van der Waals surface area (Å²) in [6, 6.07) is 13.5. The van der Waals surface area contributed by atoms with Crippen molar-refractivity contribution in [2.75, 3.05) is 18.6 Å². The molecule has 2 atom stereocenters.